The second kappa shape index (κ2) is 70.6. The van der Waals surface area contributed by atoms with Crippen LogP contribution in [0.15, 0.2) is 109 Å². The Morgan fingerprint density at radius 1 is 0.253 bits per heavy atom. The lowest BCUT2D eigenvalue weighted by molar-refractivity contribution is -0.167. The minimum absolute atomic E-state index is 0.0849. The SMILES string of the molecule is CC/C=C\C/C=C\C/C=C\C/C=C\CCCCCCCCCCCCCCCCCCC(=O)OCC(COC(=O)CCCCCC/C=C\C/C=C\C/C=C\C/C=C\CC)OC(=O)CCCCCCCCCCC/C=C\CCCCCCCC. The highest BCUT2D eigenvalue weighted by Gasteiger charge is 2.19. The summed E-state index contributed by atoms with van der Waals surface area (Å²) in [6.07, 6.45) is 96.9. The van der Waals surface area contributed by atoms with Gasteiger partial charge in [0.25, 0.3) is 0 Å². The second-order valence-electron chi connectivity index (χ2n) is 23.4. The Morgan fingerprint density at radius 3 is 0.747 bits per heavy atom. The largest absolute Gasteiger partial charge is 0.462 e. The highest BCUT2D eigenvalue weighted by atomic mass is 16.6. The van der Waals surface area contributed by atoms with Crippen LogP contribution in [0.2, 0.25) is 0 Å². The number of hydrogen-bond acceptors (Lipinski definition) is 6. The molecule has 0 aromatic carbocycles. The number of esters is 3. The van der Waals surface area contributed by atoms with E-state index in [2.05, 4.69) is 130 Å². The van der Waals surface area contributed by atoms with Gasteiger partial charge in [-0.15, -0.1) is 0 Å². The van der Waals surface area contributed by atoms with Gasteiger partial charge in [-0.05, 0) is 122 Å². The summed E-state index contributed by atoms with van der Waals surface area (Å²) in [5, 5.41) is 0. The van der Waals surface area contributed by atoms with Crippen LogP contribution in [0, 0.1) is 0 Å². The second-order valence-corrected chi connectivity index (χ2v) is 23.4. The molecule has 0 aliphatic carbocycles. The highest BCUT2D eigenvalue weighted by molar-refractivity contribution is 5.71. The molecule has 0 aliphatic heterocycles. The van der Waals surface area contributed by atoms with Gasteiger partial charge in [0.15, 0.2) is 6.10 Å². The van der Waals surface area contributed by atoms with E-state index in [1.165, 1.54) is 180 Å². The van der Waals surface area contributed by atoms with Crippen molar-refractivity contribution in [1.29, 1.82) is 0 Å². The van der Waals surface area contributed by atoms with E-state index in [1.54, 1.807) is 0 Å². The molecule has 0 aliphatic rings. The molecule has 0 amide bonds. The molecule has 0 saturated carbocycles. The minimum atomic E-state index is -0.792. The smallest absolute Gasteiger partial charge is 0.306 e. The van der Waals surface area contributed by atoms with Crippen LogP contribution in [0.4, 0.5) is 0 Å². The van der Waals surface area contributed by atoms with Crippen LogP contribution in [0.3, 0.4) is 0 Å². The molecule has 476 valence electrons. The average molecular weight is 1150 g/mol. The third kappa shape index (κ3) is 68.7. The van der Waals surface area contributed by atoms with Gasteiger partial charge in [0.1, 0.15) is 13.2 Å². The quantitative estimate of drug-likeness (QED) is 0.0261. The number of hydrogen-bond donors (Lipinski definition) is 0. The van der Waals surface area contributed by atoms with Crippen molar-refractivity contribution in [3.8, 4) is 0 Å². The first-order chi connectivity index (χ1) is 41.0. The van der Waals surface area contributed by atoms with E-state index in [-0.39, 0.29) is 31.1 Å². The predicted molar refractivity (Wildman–Crippen MR) is 362 cm³/mol. The van der Waals surface area contributed by atoms with Crippen molar-refractivity contribution in [1.82, 2.24) is 0 Å². The zero-order valence-corrected chi connectivity index (χ0v) is 54.7. The van der Waals surface area contributed by atoms with Gasteiger partial charge in [-0.1, -0.05) is 310 Å². The molecule has 6 heteroatoms. The molecule has 0 N–H and O–H groups in total. The molecule has 0 saturated heterocycles. The fraction of sp³-hybridized carbons (Fsp3) is 0.727. The van der Waals surface area contributed by atoms with Crippen LogP contribution >= 0.6 is 0 Å². The van der Waals surface area contributed by atoms with E-state index in [1.807, 2.05) is 0 Å². The van der Waals surface area contributed by atoms with Crippen molar-refractivity contribution in [2.75, 3.05) is 13.2 Å². The molecular formula is C77H132O6. The molecule has 0 aromatic heterocycles. The van der Waals surface area contributed by atoms with E-state index in [0.717, 1.165) is 122 Å². The molecule has 83 heavy (non-hydrogen) atoms. The summed E-state index contributed by atoms with van der Waals surface area (Å²) >= 11 is 0. The van der Waals surface area contributed by atoms with Gasteiger partial charge in [-0.2, -0.15) is 0 Å². The predicted octanol–water partition coefficient (Wildman–Crippen LogP) is 24.6. The van der Waals surface area contributed by atoms with Crippen LogP contribution in [0.5, 0.6) is 0 Å². The standard InChI is InChI=1S/C77H132O6/c1-4-7-10-13-16-19-22-25-28-31-33-34-35-36-37-38-39-40-41-42-44-46-49-52-55-58-61-64-67-70-76(79)82-73-74(72-81-75(78)69-66-63-60-57-54-51-48-45-30-27-24-21-18-15-12-9-6-3)83-77(80)71-68-65-62-59-56-53-50-47-43-32-29-26-23-20-17-14-11-8-5-2/h7,9-10,12,16,18-19,21,25-30,33-34,48,51,74H,4-6,8,11,13-15,17,20,22-24,31-32,35-47,49-50,52-73H2,1-3H3/b10-7-,12-9-,19-16-,21-18-,28-25-,29-26-,30-27-,34-33-,51-48-. The van der Waals surface area contributed by atoms with E-state index in [0.29, 0.717) is 19.3 Å². The third-order valence-electron chi connectivity index (χ3n) is 15.2. The molecule has 1 unspecified atom stereocenters. The summed E-state index contributed by atoms with van der Waals surface area (Å²) in [4.78, 5) is 38.5. The number of rotatable bonds is 64. The first-order valence-corrected chi connectivity index (χ1v) is 35.4. The highest BCUT2D eigenvalue weighted by Crippen LogP contribution is 2.17. The molecule has 0 spiro atoms. The lowest BCUT2D eigenvalue weighted by atomic mass is 10.0. The first-order valence-electron chi connectivity index (χ1n) is 35.4. The summed E-state index contributed by atoms with van der Waals surface area (Å²) < 4.78 is 17.0. The van der Waals surface area contributed by atoms with Crippen LogP contribution in [0.25, 0.3) is 0 Å². The molecule has 0 radical (unpaired) electrons. The average Bonchev–Trinajstić information content (AvgIpc) is 3.49. The maximum Gasteiger partial charge on any atom is 0.306 e. The summed E-state index contributed by atoms with van der Waals surface area (Å²) in [7, 11) is 0. The van der Waals surface area contributed by atoms with Crippen molar-refractivity contribution in [2.24, 2.45) is 0 Å². The van der Waals surface area contributed by atoms with Crippen LogP contribution in [-0.4, -0.2) is 37.2 Å². The Hall–Kier alpha value is -3.93. The van der Waals surface area contributed by atoms with Gasteiger partial charge in [0.05, 0.1) is 0 Å². The van der Waals surface area contributed by atoms with E-state index < -0.39 is 6.10 Å². The molecule has 0 rings (SSSR count). The maximum absolute atomic E-state index is 13.0. The van der Waals surface area contributed by atoms with Crippen molar-refractivity contribution >= 4 is 17.9 Å². The number of carbonyl (C=O) groups excluding carboxylic acids is 3. The van der Waals surface area contributed by atoms with E-state index in [9.17, 15) is 14.4 Å². The van der Waals surface area contributed by atoms with E-state index >= 15 is 0 Å². The lowest BCUT2D eigenvalue weighted by Crippen LogP contribution is -2.30. The Morgan fingerprint density at radius 2 is 0.470 bits per heavy atom. The first kappa shape index (κ1) is 79.1. The number of allylic oxidation sites excluding steroid dienone is 18. The fourth-order valence-electron chi connectivity index (χ4n) is 10.0. The van der Waals surface area contributed by atoms with Crippen LogP contribution < -0.4 is 0 Å². The number of carbonyl (C=O) groups is 3. The summed E-state index contributed by atoms with van der Waals surface area (Å²) in [5.41, 5.74) is 0. The summed E-state index contributed by atoms with van der Waals surface area (Å²) in [6.45, 7) is 6.43. The van der Waals surface area contributed by atoms with E-state index in [4.69, 9.17) is 14.2 Å². The Kier molecular flexibility index (Phi) is 67.2. The fourth-order valence-corrected chi connectivity index (χ4v) is 10.0. The van der Waals surface area contributed by atoms with Crippen molar-refractivity contribution in [3.05, 3.63) is 109 Å². The van der Waals surface area contributed by atoms with Gasteiger partial charge in [-0.25, -0.2) is 0 Å². The van der Waals surface area contributed by atoms with Gasteiger partial charge in [0.2, 0.25) is 0 Å². The molecule has 0 aromatic rings. The van der Waals surface area contributed by atoms with Gasteiger partial charge in [-0.3, -0.25) is 14.4 Å². The normalized spacial score (nSPS) is 12.8. The number of ether oxygens (including phenoxy) is 3. The Labute approximate surface area is 514 Å². The van der Waals surface area contributed by atoms with Gasteiger partial charge >= 0.3 is 17.9 Å². The Bertz CT molecular complexity index is 1660. The Balaban J connectivity index is 4.31. The molecule has 0 heterocycles. The zero-order chi connectivity index (χ0) is 59.9. The van der Waals surface area contributed by atoms with Gasteiger partial charge in [0, 0.05) is 19.3 Å². The summed E-state index contributed by atoms with van der Waals surface area (Å²) in [6, 6.07) is 0. The minimum Gasteiger partial charge on any atom is -0.462 e. The van der Waals surface area contributed by atoms with Gasteiger partial charge < -0.3 is 14.2 Å². The third-order valence-corrected chi connectivity index (χ3v) is 15.2. The van der Waals surface area contributed by atoms with Crippen molar-refractivity contribution in [3.63, 3.8) is 0 Å². The zero-order valence-electron chi connectivity index (χ0n) is 54.7. The lowest BCUT2D eigenvalue weighted by Gasteiger charge is -2.18. The van der Waals surface area contributed by atoms with Crippen molar-refractivity contribution < 1.29 is 28.6 Å². The van der Waals surface area contributed by atoms with Crippen LogP contribution in [0.1, 0.15) is 342 Å². The maximum atomic E-state index is 13.0. The van der Waals surface area contributed by atoms with Crippen molar-refractivity contribution in [2.45, 2.75) is 348 Å². The summed E-state index contributed by atoms with van der Waals surface area (Å²) in [5.74, 6) is -0.897. The molecule has 6 nitrogen and oxygen atoms in total. The number of unbranched alkanes of at least 4 members (excludes halogenated alkanes) is 35. The molecule has 1 atom stereocenters. The molecule has 0 bridgehead atoms. The molecule has 0 fully saturated rings. The topological polar surface area (TPSA) is 78.9 Å². The van der Waals surface area contributed by atoms with Crippen LogP contribution in [-0.2, 0) is 28.6 Å². The monoisotopic (exact) mass is 1150 g/mol. The molecular weight excluding hydrogens is 1020 g/mol.